The van der Waals surface area contributed by atoms with Crippen molar-refractivity contribution >= 4 is 5.97 Å². The molecule has 2 fully saturated rings. The van der Waals surface area contributed by atoms with Crippen molar-refractivity contribution in [3.63, 3.8) is 0 Å². The van der Waals surface area contributed by atoms with E-state index < -0.39 is 5.41 Å². The Morgan fingerprint density at radius 3 is 3.31 bits per heavy atom. The highest BCUT2D eigenvalue weighted by Gasteiger charge is 2.52. The van der Waals surface area contributed by atoms with Gasteiger partial charge in [-0.3, -0.25) is 4.79 Å². The fourth-order valence-corrected chi connectivity index (χ4v) is 2.33. The zero-order chi connectivity index (χ0) is 9.31. The first-order valence-corrected chi connectivity index (χ1v) is 4.70. The van der Waals surface area contributed by atoms with Gasteiger partial charge >= 0.3 is 5.97 Å². The molecule has 2 aliphatic rings. The number of rotatable bonds is 1. The quantitative estimate of drug-likeness (QED) is 0.581. The molecule has 1 N–H and O–H groups in total. The zero-order valence-electron chi connectivity index (χ0n) is 7.84. The molecule has 0 aliphatic carbocycles. The minimum Gasteiger partial charge on any atom is -0.468 e. The molecule has 4 nitrogen and oxygen atoms in total. The first kappa shape index (κ1) is 8.97. The molecule has 13 heavy (non-hydrogen) atoms. The first-order valence-electron chi connectivity index (χ1n) is 4.70. The van der Waals surface area contributed by atoms with Crippen molar-refractivity contribution in [3.05, 3.63) is 0 Å². The maximum atomic E-state index is 11.6. The predicted molar refractivity (Wildman–Crippen MR) is 46.3 cm³/mol. The van der Waals surface area contributed by atoms with E-state index in [-0.39, 0.29) is 12.1 Å². The minimum atomic E-state index is -0.396. The number of fused-ring (bicyclic) bond motifs is 1. The second-order valence-electron chi connectivity index (χ2n) is 3.74. The van der Waals surface area contributed by atoms with Crippen LogP contribution in [0.4, 0.5) is 0 Å². The number of hydrogen-bond donors (Lipinski definition) is 1. The molecule has 2 saturated heterocycles. The Balaban J connectivity index is 2.20. The number of hydrogen-bond acceptors (Lipinski definition) is 4. The van der Waals surface area contributed by atoms with Crippen LogP contribution in [0.1, 0.15) is 12.8 Å². The molecule has 2 heterocycles. The first-order chi connectivity index (χ1) is 6.29. The van der Waals surface area contributed by atoms with E-state index in [4.69, 9.17) is 9.47 Å². The fraction of sp³-hybridized carbons (Fsp3) is 0.889. The Hall–Kier alpha value is -0.610. The van der Waals surface area contributed by atoms with Gasteiger partial charge in [0.1, 0.15) is 5.41 Å². The van der Waals surface area contributed by atoms with Crippen molar-refractivity contribution in [1.82, 2.24) is 5.32 Å². The van der Waals surface area contributed by atoms with Crippen molar-refractivity contribution < 1.29 is 14.3 Å². The Morgan fingerprint density at radius 1 is 1.69 bits per heavy atom. The molecule has 2 atom stereocenters. The maximum Gasteiger partial charge on any atom is 0.315 e. The van der Waals surface area contributed by atoms with E-state index >= 15 is 0 Å². The zero-order valence-corrected chi connectivity index (χ0v) is 7.84. The molecule has 74 valence electrons. The Kier molecular flexibility index (Phi) is 2.26. The van der Waals surface area contributed by atoms with E-state index in [0.717, 1.165) is 26.0 Å². The summed E-state index contributed by atoms with van der Waals surface area (Å²) in [5.74, 6) is -0.123. The van der Waals surface area contributed by atoms with E-state index in [1.807, 2.05) is 0 Å². The summed E-state index contributed by atoms with van der Waals surface area (Å²) in [7, 11) is 1.45. The summed E-state index contributed by atoms with van der Waals surface area (Å²) in [6.07, 6.45) is 1.86. The lowest BCUT2D eigenvalue weighted by molar-refractivity contribution is -0.165. The predicted octanol–water partition coefficient (Wildman–Crippen LogP) is -0.0720. The van der Waals surface area contributed by atoms with Gasteiger partial charge in [-0.2, -0.15) is 0 Å². The van der Waals surface area contributed by atoms with Gasteiger partial charge in [-0.25, -0.2) is 0 Å². The second-order valence-corrected chi connectivity index (χ2v) is 3.74. The molecule has 0 unspecified atom stereocenters. The summed E-state index contributed by atoms with van der Waals surface area (Å²) in [6, 6.07) is 0. The van der Waals surface area contributed by atoms with Gasteiger partial charge in [0, 0.05) is 19.7 Å². The third-order valence-electron chi connectivity index (χ3n) is 3.06. The largest absolute Gasteiger partial charge is 0.468 e. The average Bonchev–Trinajstić information content (AvgIpc) is 2.61. The van der Waals surface area contributed by atoms with E-state index in [2.05, 4.69) is 5.32 Å². The van der Waals surface area contributed by atoms with Crippen molar-refractivity contribution in [2.45, 2.75) is 18.9 Å². The van der Waals surface area contributed by atoms with Gasteiger partial charge in [0.05, 0.1) is 13.2 Å². The van der Waals surface area contributed by atoms with Crippen LogP contribution >= 0.6 is 0 Å². The lowest BCUT2D eigenvalue weighted by Gasteiger charge is -2.35. The van der Waals surface area contributed by atoms with Crippen LogP contribution in [-0.2, 0) is 14.3 Å². The van der Waals surface area contributed by atoms with Crippen LogP contribution in [0, 0.1) is 5.41 Å². The van der Waals surface area contributed by atoms with E-state index in [0.29, 0.717) is 6.54 Å². The van der Waals surface area contributed by atoms with Crippen LogP contribution < -0.4 is 5.32 Å². The van der Waals surface area contributed by atoms with Crippen LogP contribution in [0.25, 0.3) is 0 Å². The number of esters is 1. The third kappa shape index (κ3) is 1.25. The van der Waals surface area contributed by atoms with Crippen LogP contribution in [0.5, 0.6) is 0 Å². The van der Waals surface area contributed by atoms with E-state index in [1.54, 1.807) is 0 Å². The lowest BCUT2D eigenvalue weighted by atomic mass is 9.78. The van der Waals surface area contributed by atoms with Gasteiger partial charge in [0.15, 0.2) is 0 Å². The van der Waals surface area contributed by atoms with Gasteiger partial charge in [0.25, 0.3) is 0 Å². The molecule has 2 aliphatic heterocycles. The summed E-state index contributed by atoms with van der Waals surface area (Å²) >= 11 is 0. The highest BCUT2D eigenvalue weighted by molar-refractivity contribution is 5.78. The SMILES string of the molecule is COC(=O)[C@@]12CCCO[C@@H]1CNC2. The highest BCUT2D eigenvalue weighted by Crippen LogP contribution is 2.37. The van der Waals surface area contributed by atoms with Crippen molar-refractivity contribution in [1.29, 1.82) is 0 Å². The molecule has 0 bridgehead atoms. The molecule has 4 heteroatoms. The highest BCUT2D eigenvalue weighted by atomic mass is 16.5. The number of carbonyl (C=O) groups is 1. The topological polar surface area (TPSA) is 47.6 Å². The average molecular weight is 185 g/mol. The summed E-state index contributed by atoms with van der Waals surface area (Å²) in [5, 5.41) is 3.19. The smallest absolute Gasteiger partial charge is 0.315 e. The van der Waals surface area contributed by atoms with Gasteiger partial charge in [0.2, 0.25) is 0 Å². The molecule has 0 radical (unpaired) electrons. The minimum absolute atomic E-state index is 0.0219. The Bertz CT molecular complexity index is 219. The van der Waals surface area contributed by atoms with Crippen molar-refractivity contribution in [2.24, 2.45) is 5.41 Å². The van der Waals surface area contributed by atoms with Gasteiger partial charge in [-0.1, -0.05) is 0 Å². The molecule has 0 spiro atoms. The molecular formula is C9H15NO3. The van der Waals surface area contributed by atoms with Gasteiger partial charge in [-0.15, -0.1) is 0 Å². The normalized spacial score (nSPS) is 38.4. The van der Waals surface area contributed by atoms with Crippen LogP contribution in [0.15, 0.2) is 0 Å². The van der Waals surface area contributed by atoms with E-state index in [9.17, 15) is 4.79 Å². The van der Waals surface area contributed by atoms with Crippen LogP contribution in [-0.4, -0.2) is 38.9 Å². The standard InChI is InChI=1S/C9H15NO3/c1-12-8(11)9-3-2-4-13-7(9)5-10-6-9/h7,10H,2-6H2,1H3/t7-,9-/m1/s1. The molecule has 0 aromatic carbocycles. The van der Waals surface area contributed by atoms with Crippen molar-refractivity contribution in [2.75, 3.05) is 26.8 Å². The van der Waals surface area contributed by atoms with Crippen LogP contribution in [0.2, 0.25) is 0 Å². The molecule has 0 amide bonds. The third-order valence-corrected chi connectivity index (χ3v) is 3.06. The fourth-order valence-electron chi connectivity index (χ4n) is 2.33. The Labute approximate surface area is 77.6 Å². The van der Waals surface area contributed by atoms with Crippen LogP contribution in [0.3, 0.4) is 0 Å². The number of methoxy groups -OCH3 is 1. The molecular weight excluding hydrogens is 170 g/mol. The van der Waals surface area contributed by atoms with Gasteiger partial charge < -0.3 is 14.8 Å². The number of ether oxygens (including phenoxy) is 2. The summed E-state index contributed by atoms with van der Waals surface area (Å²) in [5.41, 5.74) is -0.396. The Morgan fingerprint density at radius 2 is 2.54 bits per heavy atom. The summed E-state index contributed by atoms with van der Waals surface area (Å²) in [6.45, 7) is 2.24. The number of nitrogens with one attached hydrogen (secondary N) is 1. The summed E-state index contributed by atoms with van der Waals surface area (Å²) in [4.78, 5) is 11.6. The van der Waals surface area contributed by atoms with Gasteiger partial charge in [-0.05, 0) is 12.8 Å². The lowest BCUT2D eigenvalue weighted by Crippen LogP contribution is -2.47. The molecule has 2 rings (SSSR count). The van der Waals surface area contributed by atoms with Crippen molar-refractivity contribution in [3.8, 4) is 0 Å². The van der Waals surface area contributed by atoms with E-state index in [1.165, 1.54) is 7.11 Å². The maximum absolute atomic E-state index is 11.6. The number of carbonyl (C=O) groups excluding carboxylic acids is 1. The molecule has 0 saturated carbocycles. The summed E-state index contributed by atoms with van der Waals surface area (Å²) < 4.78 is 10.4. The molecule has 0 aromatic heterocycles. The second kappa shape index (κ2) is 3.27. The molecule has 0 aromatic rings. The monoisotopic (exact) mass is 185 g/mol.